The van der Waals surface area contributed by atoms with Crippen LogP contribution in [0.1, 0.15) is 35.9 Å². The van der Waals surface area contributed by atoms with Crippen LogP contribution in [-0.4, -0.2) is 15.2 Å². The lowest BCUT2D eigenvalue weighted by atomic mass is 10.1. The van der Waals surface area contributed by atoms with Crippen LogP contribution in [0.4, 0.5) is 5.69 Å². The average Bonchev–Trinajstić information content (AvgIpc) is 3.14. The summed E-state index contributed by atoms with van der Waals surface area (Å²) in [4.78, 5) is 4.34. The van der Waals surface area contributed by atoms with Crippen LogP contribution in [-0.2, 0) is 6.54 Å². The van der Waals surface area contributed by atoms with E-state index in [2.05, 4.69) is 20.5 Å². The first kappa shape index (κ1) is 12.7. The lowest BCUT2D eigenvalue weighted by Gasteiger charge is -2.07. The van der Waals surface area contributed by atoms with Crippen LogP contribution in [0.25, 0.3) is 11.1 Å². The molecule has 0 spiro atoms. The molecule has 0 amide bonds. The van der Waals surface area contributed by atoms with Crippen molar-refractivity contribution >= 4 is 28.4 Å². The van der Waals surface area contributed by atoms with Crippen LogP contribution in [0.2, 0.25) is 5.15 Å². The summed E-state index contributed by atoms with van der Waals surface area (Å²) in [5, 5.41) is 11.1. The Labute approximate surface area is 126 Å². The fourth-order valence-electron chi connectivity index (χ4n) is 2.58. The van der Waals surface area contributed by atoms with Gasteiger partial charge in [0, 0.05) is 36.3 Å². The van der Waals surface area contributed by atoms with Crippen LogP contribution in [0, 0.1) is 6.92 Å². The molecule has 21 heavy (non-hydrogen) atoms. The number of anilines is 1. The highest BCUT2D eigenvalue weighted by atomic mass is 35.5. The van der Waals surface area contributed by atoms with Crippen molar-refractivity contribution in [3.63, 3.8) is 0 Å². The molecule has 1 fully saturated rings. The molecular weight excluding hydrogens is 288 g/mol. The lowest BCUT2D eigenvalue weighted by Crippen LogP contribution is -2.01. The Bertz CT molecular complexity index is 803. The van der Waals surface area contributed by atoms with Crippen molar-refractivity contribution in [3.05, 3.63) is 40.5 Å². The lowest BCUT2D eigenvalue weighted by molar-refractivity contribution is 0.561. The van der Waals surface area contributed by atoms with Gasteiger partial charge in [0.05, 0.1) is 0 Å². The summed E-state index contributed by atoms with van der Waals surface area (Å²) >= 11 is 6.17. The van der Waals surface area contributed by atoms with E-state index < -0.39 is 0 Å². The SMILES string of the molecule is Cc1nc2cc(NCc3c(Cl)n[nH]c3C3CC3)ccc2o1. The maximum absolute atomic E-state index is 6.17. The van der Waals surface area contributed by atoms with Crippen molar-refractivity contribution in [2.24, 2.45) is 0 Å². The Hall–Kier alpha value is -2.01. The second-order valence-corrected chi connectivity index (χ2v) is 5.81. The fraction of sp³-hybridized carbons (Fsp3) is 0.333. The summed E-state index contributed by atoms with van der Waals surface area (Å²) in [6, 6.07) is 5.89. The van der Waals surface area contributed by atoms with Crippen molar-refractivity contribution < 1.29 is 4.42 Å². The Morgan fingerprint density at radius 1 is 1.43 bits per heavy atom. The second-order valence-electron chi connectivity index (χ2n) is 5.45. The van der Waals surface area contributed by atoms with Crippen molar-refractivity contribution in [3.8, 4) is 0 Å². The van der Waals surface area contributed by atoms with E-state index in [-0.39, 0.29) is 0 Å². The van der Waals surface area contributed by atoms with Crippen LogP contribution in [0.5, 0.6) is 0 Å². The summed E-state index contributed by atoms with van der Waals surface area (Å²) < 4.78 is 5.48. The van der Waals surface area contributed by atoms with Gasteiger partial charge in [0.15, 0.2) is 16.6 Å². The van der Waals surface area contributed by atoms with Crippen molar-refractivity contribution in [2.45, 2.75) is 32.2 Å². The minimum atomic E-state index is 0.558. The minimum absolute atomic E-state index is 0.558. The number of nitrogens with zero attached hydrogens (tertiary/aromatic N) is 2. The van der Waals surface area contributed by atoms with Crippen LogP contribution >= 0.6 is 11.6 Å². The number of hydrogen-bond donors (Lipinski definition) is 2. The number of aromatic amines is 1. The molecule has 0 unspecified atom stereocenters. The van der Waals surface area contributed by atoms with Crippen molar-refractivity contribution in [1.82, 2.24) is 15.2 Å². The highest BCUT2D eigenvalue weighted by molar-refractivity contribution is 6.30. The van der Waals surface area contributed by atoms with E-state index in [1.807, 2.05) is 25.1 Å². The molecule has 1 saturated carbocycles. The zero-order valence-electron chi connectivity index (χ0n) is 11.6. The largest absolute Gasteiger partial charge is 0.441 e. The highest BCUT2D eigenvalue weighted by Gasteiger charge is 2.29. The maximum Gasteiger partial charge on any atom is 0.192 e. The van der Waals surface area contributed by atoms with E-state index >= 15 is 0 Å². The molecule has 3 aromatic rings. The summed E-state index contributed by atoms with van der Waals surface area (Å²) in [6.45, 7) is 2.50. The molecule has 4 rings (SSSR count). The van der Waals surface area contributed by atoms with Gasteiger partial charge in [-0.2, -0.15) is 5.10 Å². The number of fused-ring (bicyclic) bond motifs is 1. The standard InChI is InChI=1S/C15H15ClN4O/c1-8-18-12-6-10(4-5-13(12)21-8)17-7-11-14(9-2-3-9)19-20-15(11)16/h4-6,9,17H,2-3,7H2,1H3,(H,19,20). The number of H-pyrrole nitrogens is 1. The average molecular weight is 303 g/mol. The molecule has 1 aliphatic carbocycles. The molecule has 0 aliphatic heterocycles. The molecule has 0 saturated heterocycles. The third-order valence-electron chi connectivity index (χ3n) is 3.80. The summed E-state index contributed by atoms with van der Waals surface area (Å²) in [7, 11) is 0. The van der Waals surface area contributed by atoms with Gasteiger partial charge in [-0.3, -0.25) is 5.10 Å². The summed E-state index contributed by atoms with van der Waals surface area (Å²) in [6.07, 6.45) is 2.44. The van der Waals surface area contributed by atoms with Crippen LogP contribution < -0.4 is 5.32 Å². The van der Waals surface area contributed by atoms with E-state index in [0.717, 1.165) is 22.4 Å². The number of oxazole rings is 1. The zero-order chi connectivity index (χ0) is 14.4. The number of aryl methyl sites for hydroxylation is 1. The van der Waals surface area contributed by atoms with Crippen molar-refractivity contribution in [2.75, 3.05) is 5.32 Å². The minimum Gasteiger partial charge on any atom is -0.441 e. The van der Waals surface area contributed by atoms with Gasteiger partial charge in [-0.15, -0.1) is 0 Å². The van der Waals surface area contributed by atoms with E-state index in [9.17, 15) is 0 Å². The molecule has 2 N–H and O–H groups in total. The molecule has 108 valence electrons. The van der Waals surface area contributed by atoms with Gasteiger partial charge in [-0.05, 0) is 31.0 Å². The van der Waals surface area contributed by atoms with Crippen molar-refractivity contribution in [1.29, 1.82) is 0 Å². The van der Waals surface area contributed by atoms with Gasteiger partial charge in [-0.25, -0.2) is 4.98 Å². The first-order valence-corrected chi connectivity index (χ1v) is 7.42. The Balaban J connectivity index is 1.56. The number of rotatable bonds is 4. The van der Waals surface area contributed by atoms with Crippen LogP contribution in [0.15, 0.2) is 22.6 Å². The van der Waals surface area contributed by atoms with Gasteiger partial charge in [0.1, 0.15) is 5.52 Å². The molecule has 2 heterocycles. The van der Waals surface area contributed by atoms with Gasteiger partial charge in [0.2, 0.25) is 0 Å². The van der Waals surface area contributed by atoms with Gasteiger partial charge < -0.3 is 9.73 Å². The third-order valence-corrected chi connectivity index (χ3v) is 4.11. The van der Waals surface area contributed by atoms with Gasteiger partial charge >= 0.3 is 0 Å². The monoisotopic (exact) mass is 302 g/mol. The molecule has 1 aliphatic rings. The molecule has 0 bridgehead atoms. The second kappa shape index (κ2) is 4.77. The van der Waals surface area contributed by atoms with E-state index in [1.165, 1.54) is 18.5 Å². The van der Waals surface area contributed by atoms with Crippen LogP contribution in [0.3, 0.4) is 0 Å². The molecule has 5 nitrogen and oxygen atoms in total. The van der Waals surface area contributed by atoms with Gasteiger partial charge in [-0.1, -0.05) is 11.6 Å². The highest BCUT2D eigenvalue weighted by Crippen LogP contribution is 2.42. The molecule has 6 heteroatoms. The first-order valence-electron chi connectivity index (χ1n) is 7.04. The Morgan fingerprint density at radius 2 is 2.29 bits per heavy atom. The molecular formula is C15H15ClN4O. The predicted octanol–water partition coefficient (Wildman–Crippen LogP) is 4.00. The number of aromatic nitrogens is 3. The molecule has 2 aromatic heterocycles. The maximum atomic E-state index is 6.17. The number of benzene rings is 1. The van der Waals surface area contributed by atoms with E-state index in [1.54, 1.807) is 0 Å². The molecule has 1 aromatic carbocycles. The third kappa shape index (κ3) is 2.38. The quantitative estimate of drug-likeness (QED) is 0.764. The smallest absolute Gasteiger partial charge is 0.192 e. The fourth-order valence-corrected chi connectivity index (χ4v) is 2.79. The normalized spacial score (nSPS) is 14.8. The van der Waals surface area contributed by atoms with Gasteiger partial charge in [0.25, 0.3) is 0 Å². The molecule has 0 radical (unpaired) electrons. The Kier molecular flexibility index (Phi) is 2.89. The summed E-state index contributed by atoms with van der Waals surface area (Å²) in [5.41, 5.74) is 4.90. The number of nitrogens with one attached hydrogen (secondary N) is 2. The molecule has 0 atom stereocenters. The topological polar surface area (TPSA) is 66.7 Å². The number of hydrogen-bond acceptors (Lipinski definition) is 4. The number of halogens is 1. The van der Waals surface area contributed by atoms with E-state index in [4.69, 9.17) is 16.0 Å². The summed E-state index contributed by atoms with van der Waals surface area (Å²) in [5.74, 6) is 1.28. The van der Waals surface area contributed by atoms with E-state index in [0.29, 0.717) is 23.5 Å². The Morgan fingerprint density at radius 3 is 3.10 bits per heavy atom. The zero-order valence-corrected chi connectivity index (χ0v) is 12.4. The first-order chi connectivity index (χ1) is 10.2. The predicted molar refractivity (Wildman–Crippen MR) is 81.6 cm³/mol.